The molecule has 20 heavy (non-hydrogen) atoms. The minimum absolute atomic E-state index is 0.175. The second kappa shape index (κ2) is 4.92. The Bertz CT molecular complexity index is 765. The first-order chi connectivity index (χ1) is 9.61. The van der Waals surface area contributed by atoms with E-state index in [2.05, 4.69) is 9.97 Å². The maximum atomic E-state index is 13.5. The van der Waals surface area contributed by atoms with Crippen LogP contribution in [0.25, 0.3) is 11.0 Å². The van der Waals surface area contributed by atoms with Crippen molar-refractivity contribution in [2.24, 2.45) is 0 Å². The quantitative estimate of drug-likeness (QED) is 0.720. The maximum absolute atomic E-state index is 13.5. The van der Waals surface area contributed by atoms with Gasteiger partial charge in [0.15, 0.2) is 5.82 Å². The van der Waals surface area contributed by atoms with Crippen LogP contribution in [0.15, 0.2) is 36.4 Å². The SMILES string of the molecule is Nc1cccc(CCc2nc3c(F)cc(F)cc3[nH]2)c1. The highest BCUT2D eigenvalue weighted by atomic mass is 19.1. The summed E-state index contributed by atoms with van der Waals surface area (Å²) in [5, 5.41) is 0. The van der Waals surface area contributed by atoms with Crippen LogP contribution in [0, 0.1) is 11.6 Å². The third-order valence-electron chi connectivity index (χ3n) is 3.16. The summed E-state index contributed by atoms with van der Waals surface area (Å²) >= 11 is 0. The average Bonchev–Trinajstić information content (AvgIpc) is 2.80. The normalized spacial score (nSPS) is 11.1. The highest BCUT2D eigenvalue weighted by molar-refractivity contribution is 5.75. The molecule has 0 atom stereocenters. The summed E-state index contributed by atoms with van der Waals surface area (Å²) in [6.07, 6.45) is 1.34. The number of nitrogens with zero attached hydrogens (tertiary/aromatic N) is 1. The van der Waals surface area contributed by atoms with E-state index in [1.165, 1.54) is 6.07 Å². The molecule has 3 aromatic rings. The van der Waals surface area contributed by atoms with Gasteiger partial charge in [0.05, 0.1) is 5.52 Å². The lowest BCUT2D eigenvalue weighted by Gasteiger charge is -2.00. The number of rotatable bonds is 3. The molecule has 0 unspecified atom stereocenters. The smallest absolute Gasteiger partial charge is 0.153 e. The lowest BCUT2D eigenvalue weighted by atomic mass is 10.1. The number of aryl methyl sites for hydroxylation is 2. The van der Waals surface area contributed by atoms with Gasteiger partial charge in [0, 0.05) is 18.2 Å². The first-order valence-corrected chi connectivity index (χ1v) is 6.30. The van der Waals surface area contributed by atoms with E-state index in [4.69, 9.17) is 5.73 Å². The van der Waals surface area contributed by atoms with Crippen LogP contribution in [0.1, 0.15) is 11.4 Å². The highest BCUT2D eigenvalue weighted by Gasteiger charge is 2.09. The number of benzene rings is 2. The predicted octanol–water partition coefficient (Wildman–Crippen LogP) is 3.21. The van der Waals surface area contributed by atoms with Gasteiger partial charge in [0.25, 0.3) is 0 Å². The monoisotopic (exact) mass is 273 g/mol. The molecule has 0 aliphatic rings. The molecule has 0 bridgehead atoms. The fraction of sp³-hybridized carbons (Fsp3) is 0.133. The Hall–Kier alpha value is -2.43. The van der Waals surface area contributed by atoms with Crippen LogP contribution in [0.3, 0.4) is 0 Å². The minimum Gasteiger partial charge on any atom is -0.399 e. The Morgan fingerprint density at radius 3 is 2.75 bits per heavy atom. The molecular weight excluding hydrogens is 260 g/mol. The molecule has 102 valence electrons. The van der Waals surface area contributed by atoms with Gasteiger partial charge < -0.3 is 10.7 Å². The van der Waals surface area contributed by atoms with Crippen molar-refractivity contribution >= 4 is 16.7 Å². The summed E-state index contributed by atoms with van der Waals surface area (Å²) in [6, 6.07) is 9.66. The molecule has 0 fully saturated rings. The fourth-order valence-electron chi connectivity index (χ4n) is 2.22. The van der Waals surface area contributed by atoms with Gasteiger partial charge in [0.1, 0.15) is 17.2 Å². The number of aromatic amines is 1. The minimum atomic E-state index is -0.647. The van der Waals surface area contributed by atoms with Gasteiger partial charge in [-0.1, -0.05) is 12.1 Å². The first-order valence-electron chi connectivity index (χ1n) is 6.30. The number of imidazole rings is 1. The molecule has 1 heterocycles. The number of halogens is 2. The number of anilines is 1. The van der Waals surface area contributed by atoms with Crippen LogP contribution in [0.5, 0.6) is 0 Å². The Kier molecular flexibility index (Phi) is 3.10. The van der Waals surface area contributed by atoms with Gasteiger partial charge in [0.2, 0.25) is 0 Å². The van der Waals surface area contributed by atoms with Crippen molar-refractivity contribution < 1.29 is 8.78 Å². The van der Waals surface area contributed by atoms with Crippen LogP contribution >= 0.6 is 0 Å². The second-order valence-corrected chi connectivity index (χ2v) is 4.71. The Morgan fingerprint density at radius 1 is 1.10 bits per heavy atom. The van der Waals surface area contributed by atoms with Gasteiger partial charge >= 0.3 is 0 Å². The molecule has 5 heteroatoms. The lowest BCUT2D eigenvalue weighted by Crippen LogP contribution is -1.94. The van der Waals surface area contributed by atoms with Crippen LogP contribution in [-0.4, -0.2) is 9.97 Å². The predicted molar refractivity (Wildman–Crippen MR) is 74.3 cm³/mol. The number of nitrogens with two attached hydrogens (primary N) is 1. The van der Waals surface area contributed by atoms with Gasteiger partial charge in [-0.05, 0) is 30.2 Å². The Morgan fingerprint density at radius 2 is 1.95 bits per heavy atom. The third kappa shape index (κ3) is 2.47. The van der Waals surface area contributed by atoms with E-state index in [0.717, 1.165) is 18.1 Å². The van der Waals surface area contributed by atoms with Crippen LogP contribution in [0.4, 0.5) is 14.5 Å². The molecule has 0 saturated heterocycles. The number of hydrogen-bond acceptors (Lipinski definition) is 2. The van der Waals surface area contributed by atoms with E-state index in [-0.39, 0.29) is 5.52 Å². The van der Waals surface area contributed by atoms with E-state index in [1.54, 1.807) is 0 Å². The van der Waals surface area contributed by atoms with Crippen molar-refractivity contribution in [3.05, 3.63) is 59.4 Å². The fourth-order valence-corrected chi connectivity index (χ4v) is 2.22. The number of nitrogen functional groups attached to an aromatic ring is 1. The largest absolute Gasteiger partial charge is 0.399 e. The van der Waals surface area contributed by atoms with Crippen molar-refractivity contribution in [2.75, 3.05) is 5.73 Å². The zero-order valence-electron chi connectivity index (χ0n) is 10.7. The summed E-state index contributed by atoms with van der Waals surface area (Å²) in [4.78, 5) is 7.10. The molecule has 1 aromatic heterocycles. The molecule has 3 rings (SSSR count). The molecule has 0 saturated carbocycles. The third-order valence-corrected chi connectivity index (χ3v) is 3.16. The molecule has 0 radical (unpaired) electrons. The summed E-state index contributed by atoms with van der Waals surface area (Å²) in [5.74, 6) is -0.626. The zero-order valence-corrected chi connectivity index (χ0v) is 10.7. The maximum Gasteiger partial charge on any atom is 0.153 e. The van der Waals surface area contributed by atoms with Crippen molar-refractivity contribution in [2.45, 2.75) is 12.8 Å². The van der Waals surface area contributed by atoms with Gasteiger partial charge in [-0.2, -0.15) is 0 Å². The summed E-state index contributed by atoms with van der Waals surface area (Å²) in [5.41, 5.74) is 8.05. The van der Waals surface area contributed by atoms with Gasteiger partial charge in [-0.15, -0.1) is 0 Å². The van der Waals surface area contributed by atoms with Gasteiger partial charge in [-0.25, -0.2) is 13.8 Å². The summed E-state index contributed by atoms with van der Waals surface area (Å²) in [6.45, 7) is 0. The van der Waals surface area contributed by atoms with Crippen molar-refractivity contribution in [1.82, 2.24) is 9.97 Å². The number of aromatic nitrogens is 2. The van der Waals surface area contributed by atoms with E-state index in [1.807, 2.05) is 24.3 Å². The van der Waals surface area contributed by atoms with Crippen molar-refractivity contribution in [3.63, 3.8) is 0 Å². The lowest BCUT2D eigenvalue weighted by molar-refractivity contribution is 0.590. The van der Waals surface area contributed by atoms with E-state index < -0.39 is 11.6 Å². The van der Waals surface area contributed by atoms with Gasteiger partial charge in [-0.3, -0.25) is 0 Å². The topological polar surface area (TPSA) is 54.7 Å². The van der Waals surface area contributed by atoms with E-state index >= 15 is 0 Å². The van der Waals surface area contributed by atoms with Crippen molar-refractivity contribution in [1.29, 1.82) is 0 Å². The molecule has 3 nitrogen and oxygen atoms in total. The van der Waals surface area contributed by atoms with Crippen LogP contribution in [0.2, 0.25) is 0 Å². The highest BCUT2D eigenvalue weighted by Crippen LogP contribution is 2.18. The molecule has 0 amide bonds. The summed E-state index contributed by atoms with van der Waals surface area (Å²) in [7, 11) is 0. The molecule has 2 aromatic carbocycles. The molecule has 0 spiro atoms. The standard InChI is InChI=1S/C15H13F2N3/c16-10-7-12(17)15-13(8-10)19-14(20-15)5-4-9-2-1-3-11(18)6-9/h1-3,6-8H,4-5,18H2,(H,19,20). The Labute approximate surface area is 114 Å². The number of H-pyrrole nitrogens is 1. The molecular formula is C15H13F2N3. The number of hydrogen-bond donors (Lipinski definition) is 2. The molecule has 0 aliphatic heterocycles. The molecule has 0 aliphatic carbocycles. The first kappa shape index (κ1) is 12.6. The van der Waals surface area contributed by atoms with Crippen LogP contribution in [-0.2, 0) is 12.8 Å². The van der Waals surface area contributed by atoms with E-state index in [0.29, 0.717) is 23.4 Å². The zero-order chi connectivity index (χ0) is 14.1. The van der Waals surface area contributed by atoms with Crippen LogP contribution < -0.4 is 5.73 Å². The second-order valence-electron chi connectivity index (χ2n) is 4.71. The summed E-state index contributed by atoms with van der Waals surface area (Å²) < 4.78 is 26.6. The number of nitrogens with one attached hydrogen (secondary N) is 1. The number of fused-ring (bicyclic) bond motifs is 1. The Balaban J connectivity index is 1.83. The average molecular weight is 273 g/mol. The van der Waals surface area contributed by atoms with Crippen molar-refractivity contribution in [3.8, 4) is 0 Å². The molecule has 3 N–H and O–H groups in total. The van der Waals surface area contributed by atoms with E-state index in [9.17, 15) is 8.78 Å².